The van der Waals surface area contributed by atoms with Gasteiger partial charge in [0.05, 0.1) is 20.3 Å². The maximum absolute atomic E-state index is 13.4. The number of carbonyl (C=O) groups is 1. The standard InChI is InChI=1S/C23H28ClNO3/c1-5-15(6-2)23(26)25-12-11-16-13-20(27-3)21(28-4)14-18(16)22(25)17-9-7-8-10-19(17)24/h7-10,13-15,22H,5-6,11-12H2,1-4H3. The molecule has 0 saturated heterocycles. The molecular formula is C23H28ClNO3. The second kappa shape index (κ2) is 8.87. The summed E-state index contributed by atoms with van der Waals surface area (Å²) in [7, 11) is 3.27. The number of amides is 1. The number of ether oxygens (including phenoxy) is 2. The molecule has 1 atom stereocenters. The first-order chi connectivity index (χ1) is 13.5. The highest BCUT2D eigenvalue weighted by atomic mass is 35.5. The fourth-order valence-electron chi connectivity index (χ4n) is 4.09. The summed E-state index contributed by atoms with van der Waals surface area (Å²) < 4.78 is 11.0. The van der Waals surface area contributed by atoms with Crippen LogP contribution in [0.5, 0.6) is 11.5 Å². The van der Waals surface area contributed by atoms with Crippen LogP contribution >= 0.6 is 11.6 Å². The number of benzene rings is 2. The van der Waals surface area contributed by atoms with E-state index < -0.39 is 0 Å². The molecule has 0 N–H and O–H groups in total. The SMILES string of the molecule is CCC(CC)C(=O)N1CCc2cc(OC)c(OC)cc2C1c1ccccc1Cl. The first kappa shape index (κ1) is 20.5. The van der Waals surface area contributed by atoms with Gasteiger partial charge in [0.15, 0.2) is 11.5 Å². The van der Waals surface area contributed by atoms with Crippen LogP contribution in [0, 0.1) is 5.92 Å². The van der Waals surface area contributed by atoms with Crippen molar-refractivity contribution in [2.45, 2.75) is 39.2 Å². The number of hydrogen-bond donors (Lipinski definition) is 0. The number of nitrogens with zero attached hydrogens (tertiary/aromatic N) is 1. The highest BCUT2D eigenvalue weighted by molar-refractivity contribution is 6.31. The summed E-state index contributed by atoms with van der Waals surface area (Å²) in [6, 6.07) is 11.6. The van der Waals surface area contributed by atoms with Gasteiger partial charge in [-0.25, -0.2) is 0 Å². The van der Waals surface area contributed by atoms with Crippen molar-refractivity contribution in [3.05, 3.63) is 58.1 Å². The highest BCUT2D eigenvalue weighted by Crippen LogP contribution is 2.43. The lowest BCUT2D eigenvalue weighted by Crippen LogP contribution is -2.43. The molecule has 4 nitrogen and oxygen atoms in total. The van der Waals surface area contributed by atoms with Crippen molar-refractivity contribution in [3.63, 3.8) is 0 Å². The van der Waals surface area contributed by atoms with E-state index in [1.165, 1.54) is 0 Å². The molecule has 1 aliphatic heterocycles. The Hall–Kier alpha value is -2.20. The molecule has 2 aromatic carbocycles. The monoisotopic (exact) mass is 401 g/mol. The fraction of sp³-hybridized carbons (Fsp3) is 0.435. The van der Waals surface area contributed by atoms with E-state index in [2.05, 4.69) is 13.8 Å². The van der Waals surface area contributed by atoms with Gasteiger partial charge in [0.1, 0.15) is 0 Å². The molecule has 0 aliphatic carbocycles. The quantitative estimate of drug-likeness (QED) is 0.662. The Balaban J connectivity index is 2.17. The fourth-order valence-corrected chi connectivity index (χ4v) is 4.33. The van der Waals surface area contributed by atoms with Crippen molar-refractivity contribution in [1.29, 1.82) is 0 Å². The smallest absolute Gasteiger partial charge is 0.226 e. The zero-order chi connectivity index (χ0) is 20.3. The zero-order valence-electron chi connectivity index (χ0n) is 17.0. The average Bonchev–Trinajstić information content (AvgIpc) is 2.73. The molecule has 1 aliphatic rings. The lowest BCUT2D eigenvalue weighted by molar-refractivity contribution is -0.137. The van der Waals surface area contributed by atoms with Gasteiger partial charge in [-0.3, -0.25) is 4.79 Å². The second-order valence-electron chi connectivity index (χ2n) is 7.13. The Bertz CT molecular complexity index is 848. The van der Waals surface area contributed by atoms with Gasteiger partial charge in [-0.15, -0.1) is 0 Å². The van der Waals surface area contributed by atoms with Gasteiger partial charge in [-0.1, -0.05) is 43.6 Å². The van der Waals surface area contributed by atoms with E-state index >= 15 is 0 Å². The summed E-state index contributed by atoms with van der Waals surface area (Å²) >= 11 is 6.58. The molecule has 0 radical (unpaired) electrons. The molecule has 0 aromatic heterocycles. The van der Waals surface area contributed by atoms with E-state index in [4.69, 9.17) is 21.1 Å². The van der Waals surface area contributed by atoms with Crippen molar-refractivity contribution in [2.75, 3.05) is 20.8 Å². The second-order valence-corrected chi connectivity index (χ2v) is 7.53. The summed E-state index contributed by atoms with van der Waals surface area (Å²) in [6.45, 7) is 4.80. The predicted molar refractivity (Wildman–Crippen MR) is 112 cm³/mol. The summed E-state index contributed by atoms with van der Waals surface area (Å²) in [5, 5.41) is 0.664. The molecule has 2 aromatic rings. The lowest BCUT2D eigenvalue weighted by atomic mass is 9.86. The Morgan fingerprint density at radius 1 is 1.11 bits per heavy atom. The largest absolute Gasteiger partial charge is 0.493 e. The van der Waals surface area contributed by atoms with Crippen LogP contribution in [0.4, 0.5) is 0 Å². The van der Waals surface area contributed by atoms with Crippen LogP contribution in [-0.2, 0) is 11.2 Å². The minimum atomic E-state index is -0.231. The molecule has 0 spiro atoms. The van der Waals surface area contributed by atoms with Crippen LogP contribution in [0.3, 0.4) is 0 Å². The van der Waals surface area contributed by atoms with Crippen molar-refractivity contribution in [1.82, 2.24) is 4.90 Å². The third kappa shape index (κ3) is 3.70. The van der Waals surface area contributed by atoms with Gasteiger partial charge >= 0.3 is 0 Å². The molecule has 1 unspecified atom stereocenters. The topological polar surface area (TPSA) is 38.8 Å². The van der Waals surface area contributed by atoms with Crippen LogP contribution in [0.15, 0.2) is 36.4 Å². The molecular weight excluding hydrogens is 374 g/mol. The van der Waals surface area contributed by atoms with E-state index in [1.54, 1.807) is 14.2 Å². The van der Waals surface area contributed by atoms with Crippen molar-refractivity contribution in [3.8, 4) is 11.5 Å². The molecule has 3 rings (SSSR count). The molecule has 0 saturated carbocycles. The summed E-state index contributed by atoms with van der Waals surface area (Å²) in [4.78, 5) is 15.4. The van der Waals surface area contributed by atoms with Crippen molar-refractivity contribution >= 4 is 17.5 Å². The van der Waals surface area contributed by atoms with E-state index in [0.717, 1.165) is 36.0 Å². The third-order valence-corrected chi connectivity index (χ3v) is 6.04. The van der Waals surface area contributed by atoms with Gasteiger partial charge in [0, 0.05) is 17.5 Å². The first-order valence-corrected chi connectivity index (χ1v) is 10.2. The Morgan fingerprint density at radius 2 is 1.75 bits per heavy atom. The van der Waals surface area contributed by atoms with E-state index in [-0.39, 0.29) is 17.9 Å². The van der Waals surface area contributed by atoms with Crippen LogP contribution in [0.1, 0.15) is 49.4 Å². The van der Waals surface area contributed by atoms with E-state index in [9.17, 15) is 4.79 Å². The van der Waals surface area contributed by atoms with Gasteiger partial charge in [-0.2, -0.15) is 0 Å². The third-order valence-electron chi connectivity index (χ3n) is 5.69. The maximum atomic E-state index is 13.4. The van der Waals surface area contributed by atoms with Crippen LogP contribution in [0.25, 0.3) is 0 Å². The van der Waals surface area contributed by atoms with Crippen molar-refractivity contribution in [2.24, 2.45) is 5.92 Å². The van der Waals surface area contributed by atoms with Crippen LogP contribution < -0.4 is 9.47 Å². The highest BCUT2D eigenvalue weighted by Gasteiger charge is 2.36. The maximum Gasteiger partial charge on any atom is 0.226 e. The average molecular weight is 402 g/mol. The molecule has 150 valence electrons. The van der Waals surface area contributed by atoms with Gasteiger partial charge in [0.2, 0.25) is 5.91 Å². The summed E-state index contributed by atoms with van der Waals surface area (Å²) in [5.41, 5.74) is 3.16. The number of halogens is 1. The van der Waals surface area contributed by atoms with E-state index in [1.807, 2.05) is 41.3 Å². The van der Waals surface area contributed by atoms with Gasteiger partial charge in [0.25, 0.3) is 0 Å². The molecule has 5 heteroatoms. The Labute approximate surface area is 172 Å². The molecule has 1 heterocycles. The number of hydrogen-bond acceptors (Lipinski definition) is 3. The predicted octanol–water partition coefficient (Wildman–Crippen LogP) is 5.27. The minimum absolute atomic E-state index is 0.0201. The lowest BCUT2D eigenvalue weighted by Gasteiger charge is -2.40. The van der Waals surface area contributed by atoms with Gasteiger partial charge in [-0.05, 0) is 54.2 Å². The molecule has 0 bridgehead atoms. The Kier molecular flexibility index (Phi) is 6.50. The molecule has 0 fully saturated rings. The zero-order valence-corrected chi connectivity index (χ0v) is 17.8. The van der Waals surface area contributed by atoms with Crippen LogP contribution in [-0.4, -0.2) is 31.6 Å². The number of fused-ring (bicyclic) bond motifs is 1. The normalized spacial score (nSPS) is 16.1. The molecule has 28 heavy (non-hydrogen) atoms. The number of carbonyl (C=O) groups excluding carboxylic acids is 1. The van der Waals surface area contributed by atoms with Gasteiger partial charge < -0.3 is 14.4 Å². The number of methoxy groups -OCH3 is 2. The minimum Gasteiger partial charge on any atom is -0.493 e. The van der Waals surface area contributed by atoms with E-state index in [0.29, 0.717) is 23.1 Å². The van der Waals surface area contributed by atoms with Crippen molar-refractivity contribution < 1.29 is 14.3 Å². The summed E-state index contributed by atoms with van der Waals surface area (Å²) in [5.74, 6) is 1.58. The first-order valence-electron chi connectivity index (χ1n) is 9.85. The summed E-state index contributed by atoms with van der Waals surface area (Å²) in [6.07, 6.45) is 2.45. The molecule has 1 amide bonds. The number of rotatable bonds is 6. The Morgan fingerprint density at radius 3 is 2.36 bits per heavy atom. The van der Waals surface area contributed by atoms with Crippen LogP contribution in [0.2, 0.25) is 5.02 Å².